The number of unbranched alkanes of at least 4 members (excludes halogenated alkanes) is 21. The summed E-state index contributed by atoms with van der Waals surface area (Å²) in [5, 5.41) is 0. The standard InChI is InChI=1S/C37H70N/c1-4-7-10-13-16-19-22-28-33-38(36-37-31-26-25-27-32-37,34-29-23-20-17-14-11-8-5-2)35-30-24-21-18-15-12-9-6-3/h25-27,31-32H,4-24,28-30,33-36H2,1-3H3/q+1. The molecule has 0 spiro atoms. The molecule has 0 heterocycles. The fourth-order valence-electron chi connectivity index (χ4n) is 6.29. The molecule has 0 aromatic heterocycles. The second kappa shape index (κ2) is 26.4. The minimum absolute atomic E-state index is 1.25. The van der Waals surface area contributed by atoms with E-state index in [1.165, 1.54) is 185 Å². The van der Waals surface area contributed by atoms with Crippen LogP contribution in [0.2, 0.25) is 0 Å². The van der Waals surface area contributed by atoms with Gasteiger partial charge in [0, 0.05) is 5.56 Å². The highest BCUT2D eigenvalue weighted by atomic mass is 15.3. The smallest absolute Gasteiger partial charge is 0.104 e. The summed E-state index contributed by atoms with van der Waals surface area (Å²) < 4.78 is 1.35. The van der Waals surface area contributed by atoms with Gasteiger partial charge < -0.3 is 4.48 Å². The Morgan fingerprint density at radius 3 is 0.974 bits per heavy atom. The van der Waals surface area contributed by atoms with Crippen molar-refractivity contribution in [1.29, 1.82) is 0 Å². The van der Waals surface area contributed by atoms with Gasteiger partial charge in [-0.2, -0.15) is 0 Å². The van der Waals surface area contributed by atoms with Crippen molar-refractivity contribution in [3.8, 4) is 0 Å². The Hall–Kier alpha value is -0.820. The van der Waals surface area contributed by atoms with Crippen LogP contribution in [0.4, 0.5) is 0 Å². The second-order valence-electron chi connectivity index (χ2n) is 12.6. The third kappa shape index (κ3) is 20.1. The van der Waals surface area contributed by atoms with Crippen molar-refractivity contribution in [3.63, 3.8) is 0 Å². The summed E-state index contributed by atoms with van der Waals surface area (Å²) in [6, 6.07) is 11.5. The highest BCUT2D eigenvalue weighted by Crippen LogP contribution is 2.22. The first-order valence-electron chi connectivity index (χ1n) is 17.7. The lowest BCUT2D eigenvalue weighted by Crippen LogP contribution is -2.49. The van der Waals surface area contributed by atoms with Crippen molar-refractivity contribution in [1.82, 2.24) is 0 Å². The molecule has 0 saturated carbocycles. The maximum absolute atomic E-state index is 2.39. The first kappa shape index (κ1) is 35.2. The Kier molecular flexibility index (Phi) is 24.5. The predicted molar refractivity (Wildman–Crippen MR) is 173 cm³/mol. The SMILES string of the molecule is CCCCCCCCCC[N+](CCCCCCCCCC)(CCCCCCCCCC)Cc1ccccc1. The predicted octanol–water partition coefficient (Wildman–Crippen LogP) is 12.4. The van der Waals surface area contributed by atoms with Gasteiger partial charge in [0.25, 0.3) is 0 Å². The lowest BCUT2D eigenvalue weighted by atomic mass is 10.0. The Balaban J connectivity index is 2.63. The van der Waals surface area contributed by atoms with Crippen LogP contribution in [0.25, 0.3) is 0 Å². The van der Waals surface area contributed by atoms with E-state index >= 15 is 0 Å². The van der Waals surface area contributed by atoms with Gasteiger partial charge in [-0.15, -0.1) is 0 Å². The van der Waals surface area contributed by atoms with E-state index in [-0.39, 0.29) is 0 Å². The molecule has 0 radical (unpaired) electrons. The summed E-state index contributed by atoms with van der Waals surface area (Å²) in [4.78, 5) is 0. The maximum Gasteiger partial charge on any atom is 0.104 e. The van der Waals surface area contributed by atoms with E-state index in [1.54, 1.807) is 5.56 Å². The number of hydrogen-bond donors (Lipinski definition) is 0. The Bertz CT molecular complexity index is 529. The zero-order valence-corrected chi connectivity index (χ0v) is 26.6. The summed E-state index contributed by atoms with van der Waals surface area (Å²) in [5.74, 6) is 0. The number of quaternary nitrogens is 1. The molecule has 1 aromatic carbocycles. The van der Waals surface area contributed by atoms with Gasteiger partial charge in [0.1, 0.15) is 6.54 Å². The van der Waals surface area contributed by atoms with E-state index < -0.39 is 0 Å². The van der Waals surface area contributed by atoms with Gasteiger partial charge in [0.15, 0.2) is 0 Å². The average Bonchev–Trinajstić information content (AvgIpc) is 2.93. The summed E-state index contributed by atoms with van der Waals surface area (Å²) in [6.45, 7) is 12.4. The van der Waals surface area contributed by atoms with Crippen LogP contribution >= 0.6 is 0 Å². The molecule has 0 bridgehead atoms. The second-order valence-corrected chi connectivity index (χ2v) is 12.6. The zero-order chi connectivity index (χ0) is 27.4. The fourth-order valence-corrected chi connectivity index (χ4v) is 6.29. The Morgan fingerprint density at radius 2 is 0.658 bits per heavy atom. The van der Waals surface area contributed by atoms with Crippen molar-refractivity contribution in [2.75, 3.05) is 19.6 Å². The molecule has 1 nitrogen and oxygen atoms in total. The molecule has 0 N–H and O–H groups in total. The van der Waals surface area contributed by atoms with E-state index in [9.17, 15) is 0 Å². The molecule has 0 aliphatic carbocycles. The topological polar surface area (TPSA) is 0 Å². The largest absolute Gasteiger partial charge is 0.320 e. The van der Waals surface area contributed by atoms with Gasteiger partial charge in [-0.3, -0.25) is 0 Å². The molecule has 0 atom stereocenters. The molecule has 38 heavy (non-hydrogen) atoms. The van der Waals surface area contributed by atoms with E-state index in [1.807, 2.05) is 0 Å². The lowest BCUT2D eigenvalue weighted by molar-refractivity contribution is -0.941. The van der Waals surface area contributed by atoms with Crippen LogP contribution in [-0.2, 0) is 6.54 Å². The van der Waals surface area contributed by atoms with Crippen LogP contribution < -0.4 is 0 Å². The summed E-state index contributed by atoms with van der Waals surface area (Å²) in [6.07, 6.45) is 34.3. The van der Waals surface area contributed by atoms with Crippen molar-refractivity contribution in [3.05, 3.63) is 35.9 Å². The lowest BCUT2D eigenvalue weighted by Gasteiger charge is -2.39. The summed E-state index contributed by atoms with van der Waals surface area (Å²) in [5.41, 5.74) is 1.56. The third-order valence-corrected chi connectivity index (χ3v) is 8.82. The van der Waals surface area contributed by atoms with Crippen molar-refractivity contribution < 1.29 is 4.48 Å². The van der Waals surface area contributed by atoms with E-state index in [2.05, 4.69) is 51.1 Å². The minimum atomic E-state index is 1.25. The van der Waals surface area contributed by atoms with Crippen LogP contribution in [0.3, 0.4) is 0 Å². The summed E-state index contributed by atoms with van der Waals surface area (Å²) >= 11 is 0. The van der Waals surface area contributed by atoms with E-state index in [4.69, 9.17) is 0 Å². The number of benzene rings is 1. The molecule has 0 fully saturated rings. The zero-order valence-electron chi connectivity index (χ0n) is 26.6. The molecular formula is C37H70N+. The van der Waals surface area contributed by atoms with Crippen LogP contribution in [-0.4, -0.2) is 24.1 Å². The molecule has 0 aliphatic rings. The number of rotatable bonds is 29. The highest BCUT2D eigenvalue weighted by molar-refractivity contribution is 5.13. The molecule has 0 saturated heterocycles. The summed E-state index contributed by atoms with van der Waals surface area (Å²) in [7, 11) is 0. The van der Waals surface area contributed by atoms with Gasteiger partial charge in [-0.05, 0) is 38.5 Å². The third-order valence-electron chi connectivity index (χ3n) is 8.82. The van der Waals surface area contributed by atoms with Crippen LogP contribution in [0.1, 0.15) is 180 Å². The normalized spacial score (nSPS) is 11.9. The average molecular weight is 529 g/mol. The molecule has 1 aromatic rings. The quantitative estimate of drug-likeness (QED) is 0.0716. The minimum Gasteiger partial charge on any atom is -0.320 e. The number of hydrogen-bond acceptors (Lipinski definition) is 0. The van der Waals surface area contributed by atoms with Gasteiger partial charge in [-0.25, -0.2) is 0 Å². The van der Waals surface area contributed by atoms with Crippen molar-refractivity contribution in [2.24, 2.45) is 0 Å². The maximum atomic E-state index is 2.39. The first-order chi connectivity index (χ1) is 18.8. The molecule has 0 amide bonds. The Labute approximate surface area is 241 Å². The Morgan fingerprint density at radius 1 is 0.368 bits per heavy atom. The van der Waals surface area contributed by atoms with Gasteiger partial charge >= 0.3 is 0 Å². The van der Waals surface area contributed by atoms with Gasteiger partial charge in [0.05, 0.1) is 19.6 Å². The molecule has 1 heteroatoms. The first-order valence-corrected chi connectivity index (χ1v) is 17.7. The van der Waals surface area contributed by atoms with E-state index in [0.29, 0.717) is 0 Å². The number of nitrogens with zero attached hydrogens (tertiary/aromatic N) is 1. The van der Waals surface area contributed by atoms with Crippen LogP contribution in [0, 0.1) is 0 Å². The molecule has 1 rings (SSSR count). The van der Waals surface area contributed by atoms with Crippen molar-refractivity contribution in [2.45, 2.75) is 181 Å². The monoisotopic (exact) mass is 529 g/mol. The fraction of sp³-hybridized carbons (Fsp3) is 0.838. The van der Waals surface area contributed by atoms with Crippen molar-refractivity contribution >= 4 is 0 Å². The molecule has 0 aliphatic heterocycles. The van der Waals surface area contributed by atoms with E-state index in [0.717, 1.165) is 0 Å². The highest BCUT2D eigenvalue weighted by Gasteiger charge is 2.26. The van der Waals surface area contributed by atoms with Gasteiger partial charge in [-0.1, -0.05) is 167 Å². The van der Waals surface area contributed by atoms with Crippen LogP contribution in [0.5, 0.6) is 0 Å². The van der Waals surface area contributed by atoms with Crippen LogP contribution in [0.15, 0.2) is 30.3 Å². The molecule has 0 unspecified atom stereocenters. The molecular weight excluding hydrogens is 458 g/mol. The molecule has 222 valence electrons. The van der Waals surface area contributed by atoms with Gasteiger partial charge in [0.2, 0.25) is 0 Å².